The van der Waals surface area contributed by atoms with Crippen molar-refractivity contribution in [2.45, 2.75) is 4.90 Å². The fourth-order valence-corrected chi connectivity index (χ4v) is 2.81. The highest BCUT2D eigenvalue weighted by Crippen LogP contribution is 2.28. The molecule has 1 aliphatic heterocycles. The van der Waals surface area contributed by atoms with Crippen molar-refractivity contribution < 1.29 is 8.76 Å². The highest BCUT2D eigenvalue weighted by molar-refractivity contribution is 9.10. The fraction of sp³-hybridized carbons (Fsp3) is 0.455. The van der Waals surface area contributed by atoms with Crippen molar-refractivity contribution in [2.24, 2.45) is 0 Å². The molecular formula is C11H14BrN2O2S-. The zero-order valence-corrected chi connectivity index (χ0v) is 12.0. The predicted molar refractivity (Wildman–Crippen MR) is 71.0 cm³/mol. The van der Waals surface area contributed by atoms with Gasteiger partial charge in [0.25, 0.3) is 0 Å². The number of anilines is 1. The summed E-state index contributed by atoms with van der Waals surface area (Å²) in [6.07, 6.45) is 0. The number of hydrogen-bond donors (Lipinski definition) is 0. The van der Waals surface area contributed by atoms with Gasteiger partial charge in [-0.3, -0.25) is 4.21 Å². The van der Waals surface area contributed by atoms with E-state index in [-0.39, 0.29) is 0 Å². The summed E-state index contributed by atoms with van der Waals surface area (Å²) in [5, 5.41) is 0. The van der Waals surface area contributed by atoms with E-state index in [1.54, 1.807) is 12.1 Å². The van der Waals surface area contributed by atoms with E-state index < -0.39 is 11.1 Å². The minimum atomic E-state index is -2.19. The maximum atomic E-state index is 11.2. The molecule has 1 fully saturated rings. The summed E-state index contributed by atoms with van der Waals surface area (Å²) in [4.78, 5) is 4.73. The maximum Gasteiger partial charge on any atom is 0.0530 e. The molecule has 1 unspecified atom stereocenters. The molecular weight excluding hydrogens is 304 g/mol. The van der Waals surface area contributed by atoms with Crippen molar-refractivity contribution in [2.75, 3.05) is 38.1 Å². The van der Waals surface area contributed by atoms with Crippen LogP contribution in [0.5, 0.6) is 0 Å². The second kappa shape index (κ2) is 5.48. The Morgan fingerprint density at radius 2 is 1.94 bits per heavy atom. The van der Waals surface area contributed by atoms with E-state index in [9.17, 15) is 8.76 Å². The normalized spacial score (nSPS) is 19.4. The van der Waals surface area contributed by atoms with E-state index in [2.05, 4.69) is 32.8 Å². The number of piperazine rings is 1. The lowest BCUT2D eigenvalue weighted by atomic mass is 10.2. The molecule has 0 spiro atoms. The number of halogens is 1. The van der Waals surface area contributed by atoms with Gasteiger partial charge in [0.2, 0.25) is 0 Å². The molecule has 1 heterocycles. The summed E-state index contributed by atoms with van der Waals surface area (Å²) < 4.78 is 23.3. The molecule has 6 heteroatoms. The third kappa shape index (κ3) is 3.07. The lowest BCUT2D eigenvalue weighted by molar-refractivity contribution is 0.312. The SMILES string of the molecule is CN1CCN(c2cc(Br)ccc2S(=O)[O-])CC1. The molecule has 1 saturated heterocycles. The van der Waals surface area contributed by atoms with Gasteiger partial charge in [0.15, 0.2) is 0 Å². The van der Waals surface area contributed by atoms with Gasteiger partial charge in [-0.25, -0.2) is 0 Å². The van der Waals surface area contributed by atoms with Crippen LogP contribution in [0.3, 0.4) is 0 Å². The largest absolute Gasteiger partial charge is 0.768 e. The molecule has 0 aromatic heterocycles. The summed E-state index contributed by atoms with van der Waals surface area (Å²) in [6.45, 7) is 3.63. The summed E-state index contributed by atoms with van der Waals surface area (Å²) in [7, 11) is 2.07. The van der Waals surface area contributed by atoms with Crippen molar-refractivity contribution in [3.8, 4) is 0 Å². The van der Waals surface area contributed by atoms with E-state index in [1.165, 1.54) is 0 Å². The van der Waals surface area contributed by atoms with Gasteiger partial charge < -0.3 is 14.4 Å². The third-order valence-electron chi connectivity index (χ3n) is 2.94. The number of rotatable bonds is 2. The van der Waals surface area contributed by atoms with Gasteiger partial charge in [0.05, 0.1) is 5.69 Å². The predicted octanol–water partition coefficient (Wildman–Crippen LogP) is 1.44. The van der Waals surface area contributed by atoms with Gasteiger partial charge in [-0.05, 0) is 36.3 Å². The molecule has 17 heavy (non-hydrogen) atoms. The Bertz CT molecular complexity index is 433. The molecule has 94 valence electrons. The summed E-state index contributed by atoms with van der Waals surface area (Å²) >= 11 is 1.20. The molecule has 2 rings (SSSR count). The van der Waals surface area contributed by atoms with Gasteiger partial charge in [0.1, 0.15) is 0 Å². The van der Waals surface area contributed by atoms with Crippen molar-refractivity contribution in [3.05, 3.63) is 22.7 Å². The molecule has 0 amide bonds. The molecule has 0 radical (unpaired) electrons. The maximum absolute atomic E-state index is 11.2. The first-order chi connectivity index (χ1) is 8.08. The molecule has 1 aromatic rings. The van der Waals surface area contributed by atoms with E-state index >= 15 is 0 Å². The highest BCUT2D eigenvalue weighted by atomic mass is 79.9. The van der Waals surface area contributed by atoms with Gasteiger partial charge in [-0.1, -0.05) is 15.9 Å². The van der Waals surface area contributed by atoms with E-state index in [4.69, 9.17) is 0 Å². The Morgan fingerprint density at radius 1 is 1.29 bits per heavy atom. The minimum absolute atomic E-state index is 0.373. The quantitative estimate of drug-likeness (QED) is 0.774. The summed E-state index contributed by atoms with van der Waals surface area (Å²) in [5.74, 6) is 0. The number of likely N-dealkylation sites (N-methyl/N-ethyl adjacent to an activating group) is 1. The summed E-state index contributed by atoms with van der Waals surface area (Å²) in [6, 6.07) is 5.27. The Labute approximate surface area is 112 Å². The monoisotopic (exact) mass is 317 g/mol. The zero-order valence-electron chi connectivity index (χ0n) is 9.56. The Kier molecular flexibility index (Phi) is 4.19. The Morgan fingerprint density at radius 3 is 2.53 bits per heavy atom. The van der Waals surface area contributed by atoms with Crippen LogP contribution in [0.1, 0.15) is 0 Å². The first kappa shape index (κ1) is 13.0. The average molecular weight is 318 g/mol. The molecule has 4 nitrogen and oxygen atoms in total. The number of benzene rings is 1. The van der Waals surface area contributed by atoms with Crippen LogP contribution >= 0.6 is 15.9 Å². The first-order valence-corrected chi connectivity index (χ1v) is 7.27. The van der Waals surface area contributed by atoms with Gasteiger partial charge >= 0.3 is 0 Å². The van der Waals surface area contributed by atoms with Gasteiger partial charge in [-0.15, -0.1) is 0 Å². The smallest absolute Gasteiger partial charge is 0.0530 e. The van der Waals surface area contributed by atoms with Crippen molar-refractivity contribution in [3.63, 3.8) is 0 Å². The van der Waals surface area contributed by atoms with Gasteiger partial charge in [0, 0.05) is 35.5 Å². The van der Waals surface area contributed by atoms with Crippen LogP contribution in [0.4, 0.5) is 5.69 Å². The second-order valence-electron chi connectivity index (χ2n) is 4.14. The van der Waals surface area contributed by atoms with Crippen LogP contribution in [0, 0.1) is 0 Å². The minimum Gasteiger partial charge on any atom is -0.768 e. The molecule has 1 aromatic carbocycles. The molecule has 0 bridgehead atoms. The summed E-state index contributed by atoms with van der Waals surface area (Å²) in [5.41, 5.74) is 0.792. The number of hydrogen-bond acceptors (Lipinski definition) is 4. The van der Waals surface area contributed by atoms with Crippen LogP contribution in [0.15, 0.2) is 27.6 Å². The molecule has 0 saturated carbocycles. The molecule has 1 atom stereocenters. The highest BCUT2D eigenvalue weighted by Gasteiger charge is 2.17. The van der Waals surface area contributed by atoms with Crippen molar-refractivity contribution >= 4 is 32.7 Å². The molecule has 0 N–H and O–H groups in total. The average Bonchev–Trinajstić information content (AvgIpc) is 2.29. The van der Waals surface area contributed by atoms with Crippen LogP contribution < -0.4 is 4.90 Å². The first-order valence-electron chi connectivity index (χ1n) is 5.40. The Balaban J connectivity index is 2.30. The Hall–Kier alpha value is -0.430. The van der Waals surface area contributed by atoms with Crippen molar-refractivity contribution in [1.82, 2.24) is 4.90 Å². The standard InChI is InChI=1S/C11H15BrN2O2S/c1-13-4-6-14(7-5-13)10-8-9(12)2-3-11(10)17(15)16/h2-3,8H,4-7H2,1H3,(H,15,16)/p-1. The molecule has 1 aliphatic rings. The zero-order chi connectivity index (χ0) is 12.4. The third-order valence-corrected chi connectivity index (χ3v) is 4.14. The topological polar surface area (TPSA) is 46.6 Å². The van der Waals surface area contributed by atoms with Crippen LogP contribution in [-0.4, -0.2) is 46.9 Å². The fourth-order valence-electron chi connectivity index (χ4n) is 1.93. The van der Waals surface area contributed by atoms with E-state index in [1.807, 2.05) is 6.07 Å². The van der Waals surface area contributed by atoms with Crippen LogP contribution in [0.2, 0.25) is 0 Å². The van der Waals surface area contributed by atoms with Crippen LogP contribution in [-0.2, 0) is 11.1 Å². The van der Waals surface area contributed by atoms with Gasteiger partial charge in [-0.2, -0.15) is 0 Å². The second-order valence-corrected chi connectivity index (χ2v) is 5.96. The molecule has 0 aliphatic carbocycles. The number of nitrogens with zero attached hydrogens (tertiary/aromatic N) is 2. The van der Waals surface area contributed by atoms with E-state index in [0.29, 0.717) is 4.90 Å². The lowest BCUT2D eigenvalue weighted by Crippen LogP contribution is -2.44. The lowest BCUT2D eigenvalue weighted by Gasteiger charge is -2.35. The van der Waals surface area contributed by atoms with Crippen LogP contribution in [0.25, 0.3) is 0 Å². The van der Waals surface area contributed by atoms with Crippen molar-refractivity contribution in [1.29, 1.82) is 0 Å². The van der Waals surface area contributed by atoms with E-state index in [0.717, 1.165) is 36.3 Å².